The van der Waals surface area contributed by atoms with Gasteiger partial charge in [0, 0.05) is 32.8 Å². The molecule has 0 aromatic carbocycles. The summed E-state index contributed by atoms with van der Waals surface area (Å²) in [6.07, 6.45) is 0.950. The number of rotatable bonds is 4. The monoisotopic (exact) mass is 294 g/mol. The molecule has 0 atom stereocenters. The van der Waals surface area contributed by atoms with Crippen molar-refractivity contribution in [1.82, 2.24) is 19.6 Å². The molecule has 0 bridgehead atoms. The third-order valence-corrected chi connectivity index (χ3v) is 3.60. The lowest BCUT2D eigenvalue weighted by atomic mass is 10.3. The molecule has 0 aliphatic carbocycles. The van der Waals surface area contributed by atoms with Crippen molar-refractivity contribution < 1.29 is 9.53 Å². The lowest BCUT2D eigenvalue weighted by Crippen LogP contribution is -2.36. The largest absolute Gasteiger partial charge is 0.383 e. The van der Waals surface area contributed by atoms with E-state index in [0.717, 1.165) is 26.1 Å². The maximum Gasteiger partial charge on any atom is 0.274 e. The van der Waals surface area contributed by atoms with Crippen LogP contribution in [0.5, 0.6) is 0 Å². The molecule has 0 unspecified atom stereocenters. The van der Waals surface area contributed by atoms with Crippen molar-refractivity contribution in [3.05, 3.63) is 28.2 Å². The summed E-state index contributed by atoms with van der Waals surface area (Å²) in [5, 5.41) is 4.15. The fraction of sp³-hybridized carbons (Fsp3) is 0.643. The first-order valence-corrected chi connectivity index (χ1v) is 7.17. The second kappa shape index (κ2) is 7.33. The van der Waals surface area contributed by atoms with E-state index in [9.17, 15) is 9.59 Å². The van der Waals surface area contributed by atoms with E-state index >= 15 is 0 Å². The molecule has 1 aliphatic heterocycles. The van der Waals surface area contributed by atoms with Crippen molar-refractivity contribution in [2.45, 2.75) is 13.0 Å². The molecular formula is C14H22N4O3. The Labute approximate surface area is 124 Å². The normalized spacial score (nSPS) is 16.8. The van der Waals surface area contributed by atoms with Crippen LogP contribution < -0.4 is 5.56 Å². The van der Waals surface area contributed by atoms with Gasteiger partial charge < -0.3 is 14.5 Å². The molecular weight excluding hydrogens is 272 g/mol. The lowest BCUT2D eigenvalue weighted by Gasteiger charge is -2.20. The van der Waals surface area contributed by atoms with Crippen molar-refractivity contribution in [2.75, 3.05) is 46.9 Å². The Bertz CT molecular complexity index is 543. The molecule has 7 heteroatoms. The molecule has 0 radical (unpaired) electrons. The molecule has 1 aromatic heterocycles. The summed E-state index contributed by atoms with van der Waals surface area (Å²) in [6, 6.07) is 2.89. The maximum absolute atomic E-state index is 12.5. The van der Waals surface area contributed by atoms with Crippen LogP contribution in [-0.4, -0.2) is 72.4 Å². The number of methoxy groups -OCH3 is 1. The van der Waals surface area contributed by atoms with Crippen molar-refractivity contribution in [3.63, 3.8) is 0 Å². The van der Waals surface area contributed by atoms with Crippen LogP contribution in [0.2, 0.25) is 0 Å². The van der Waals surface area contributed by atoms with E-state index in [4.69, 9.17) is 4.74 Å². The van der Waals surface area contributed by atoms with Crippen LogP contribution in [0.15, 0.2) is 16.9 Å². The number of carbonyl (C=O) groups is 1. The maximum atomic E-state index is 12.5. The molecule has 2 heterocycles. The summed E-state index contributed by atoms with van der Waals surface area (Å²) >= 11 is 0. The summed E-state index contributed by atoms with van der Waals surface area (Å²) in [5.41, 5.74) is 0.0921. The zero-order valence-corrected chi connectivity index (χ0v) is 12.6. The molecule has 1 aromatic rings. The average molecular weight is 294 g/mol. The van der Waals surface area contributed by atoms with E-state index in [0.29, 0.717) is 25.4 Å². The Kier molecular flexibility index (Phi) is 5.46. The van der Waals surface area contributed by atoms with Gasteiger partial charge >= 0.3 is 0 Å². The Morgan fingerprint density at radius 2 is 2.10 bits per heavy atom. The van der Waals surface area contributed by atoms with Crippen molar-refractivity contribution >= 4 is 5.91 Å². The zero-order chi connectivity index (χ0) is 15.2. The molecule has 0 saturated carbocycles. The standard InChI is InChI=1S/C14H22N4O3/c1-16-6-3-7-17(9-8-16)14(20)12-4-5-13(19)18(15-12)10-11-21-2/h4-5H,3,6-11H2,1-2H3. The molecule has 0 N–H and O–H groups in total. The van der Waals surface area contributed by atoms with Crippen molar-refractivity contribution in [1.29, 1.82) is 0 Å². The second-order valence-electron chi connectivity index (χ2n) is 5.22. The minimum absolute atomic E-state index is 0.114. The van der Waals surface area contributed by atoms with Crippen LogP contribution in [0.1, 0.15) is 16.9 Å². The van der Waals surface area contributed by atoms with Crippen molar-refractivity contribution in [3.8, 4) is 0 Å². The van der Waals surface area contributed by atoms with Gasteiger partial charge in [-0.1, -0.05) is 0 Å². The highest BCUT2D eigenvalue weighted by atomic mass is 16.5. The number of amides is 1. The first-order valence-electron chi connectivity index (χ1n) is 7.17. The molecule has 1 amide bonds. The highest BCUT2D eigenvalue weighted by molar-refractivity contribution is 5.92. The third-order valence-electron chi connectivity index (χ3n) is 3.60. The number of nitrogens with zero attached hydrogens (tertiary/aromatic N) is 4. The number of ether oxygens (including phenoxy) is 1. The van der Waals surface area contributed by atoms with E-state index in [2.05, 4.69) is 17.0 Å². The van der Waals surface area contributed by atoms with Gasteiger partial charge in [0.05, 0.1) is 13.2 Å². The summed E-state index contributed by atoms with van der Waals surface area (Å²) in [5.74, 6) is -0.114. The predicted molar refractivity (Wildman–Crippen MR) is 78.4 cm³/mol. The van der Waals surface area contributed by atoms with E-state index in [1.54, 1.807) is 12.0 Å². The van der Waals surface area contributed by atoms with Crippen LogP contribution in [0, 0.1) is 0 Å². The molecule has 1 saturated heterocycles. The summed E-state index contributed by atoms with van der Waals surface area (Å²) < 4.78 is 6.22. The van der Waals surface area contributed by atoms with Crippen LogP contribution in [-0.2, 0) is 11.3 Å². The van der Waals surface area contributed by atoms with Crippen LogP contribution in [0.25, 0.3) is 0 Å². The highest BCUT2D eigenvalue weighted by Crippen LogP contribution is 2.05. The SMILES string of the molecule is COCCn1nc(C(=O)N2CCCN(C)CC2)ccc1=O. The third kappa shape index (κ3) is 4.12. The number of hydrogen-bond donors (Lipinski definition) is 0. The minimum atomic E-state index is -0.223. The molecule has 7 nitrogen and oxygen atoms in total. The van der Waals surface area contributed by atoms with Crippen molar-refractivity contribution in [2.24, 2.45) is 0 Å². The van der Waals surface area contributed by atoms with Gasteiger partial charge in [0.2, 0.25) is 0 Å². The molecule has 116 valence electrons. The number of likely N-dealkylation sites (N-methyl/N-ethyl adjacent to an activating group) is 1. The van der Waals surface area contributed by atoms with E-state index in [-0.39, 0.29) is 11.5 Å². The summed E-state index contributed by atoms with van der Waals surface area (Å²) in [4.78, 5) is 28.2. The highest BCUT2D eigenvalue weighted by Gasteiger charge is 2.20. The second-order valence-corrected chi connectivity index (χ2v) is 5.22. The van der Waals surface area contributed by atoms with E-state index in [1.807, 2.05) is 0 Å². The average Bonchev–Trinajstić information content (AvgIpc) is 2.70. The summed E-state index contributed by atoms with van der Waals surface area (Å²) in [6.45, 7) is 3.99. The predicted octanol–water partition coefficient (Wildman–Crippen LogP) is -0.333. The number of carbonyl (C=O) groups excluding carboxylic acids is 1. The van der Waals surface area contributed by atoms with E-state index in [1.165, 1.54) is 16.8 Å². The minimum Gasteiger partial charge on any atom is -0.383 e. The number of aromatic nitrogens is 2. The van der Waals surface area contributed by atoms with Gasteiger partial charge in [0.25, 0.3) is 11.5 Å². The van der Waals surface area contributed by atoms with Gasteiger partial charge in [-0.25, -0.2) is 4.68 Å². The van der Waals surface area contributed by atoms with Crippen LogP contribution in [0.3, 0.4) is 0 Å². The van der Waals surface area contributed by atoms with Gasteiger partial charge in [-0.2, -0.15) is 5.10 Å². The van der Waals surface area contributed by atoms with Gasteiger partial charge in [0.1, 0.15) is 5.69 Å². The Hall–Kier alpha value is -1.73. The molecule has 0 spiro atoms. The van der Waals surface area contributed by atoms with Gasteiger partial charge in [-0.15, -0.1) is 0 Å². The fourth-order valence-electron chi connectivity index (χ4n) is 2.31. The smallest absolute Gasteiger partial charge is 0.274 e. The van der Waals surface area contributed by atoms with Gasteiger partial charge in [0.15, 0.2) is 0 Å². The topological polar surface area (TPSA) is 67.7 Å². The first-order chi connectivity index (χ1) is 10.1. The Morgan fingerprint density at radius 3 is 2.86 bits per heavy atom. The van der Waals surface area contributed by atoms with Crippen LogP contribution >= 0.6 is 0 Å². The molecule has 1 aliphatic rings. The lowest BCUT2D eigenvalue weighted by molar-refractivity contribution is 0.0753. The quantitative estimate of drug-likeness (QED) is 0.760. The van der Waals surface area contributed by atoms with Crippen LogP contribution in [0.4, 0.5) is 0 Å². The fourth-order valence-corrected chi connectivity index (χ4v) is 2.31. The Balaban J connectivity index is 2.13. The zero-order valence-electron chi connectivity index (χ0n) is 12.6. The Morgan fingerprint density at radius 1 is 1.29 bits per heavy atom. The van der Waals surface area contributed by atoms with Gasteiger partial charge in [-0.3, -0.25) is 9.59 Å². The van der Waals surface area contributed by atoms with Gasteiger partial charge in [-0.05, 0) is 26.1 Å². The first kappa shape index (κ1) is 15.7. The summed E-state index contributed by atoms with van der Waals surface area (Å²) in [7, 11) is 3.62. The molecule has 1 fully saturated rings. The van der Waals surface area contributed by atoms with E-state index < -0.39 is 0 Å². The number of hydrogen-bond acceptors (Lipinski definition) is 5. The molecule has 2 rings (SSSR count). The molecule has 21 heavy (non-hydrogen) atoms.